The van der Waals surface area contributed by atoms with Crippen molar-refractivity contribution in [2.24, 2.45) is 0 Å². The van der Waals surface area contributed by atoms with Crippen molar-refractivity contribution < 1.29 is 17.9 Å². The highest BCUT2D eigenvalue weighted by Crippen LogP contribution is 2.31. The molecular formula is C30H27F3O. The van der Waals surface area contributed by atoms with Crippen molar-refractivity contribution in [3.05, 3.63) is 113 Å². The van der Waals surface area contributed by atoms with Crippen LogP contribution < -0.4 is 4.74 Å². The van der Waals surface area contributed by atoms with E-state index in [1.165, 1.54) is 12.1 Å². The first kappa shape index (κ1) is 23.6. The van der Waals surface area contributed by atoms with E-state index in [-0.39, 0.29) is 23.7 Å². The van der Waals surface area contributed by atoms with E-state index in [4.69, 9.17) is 4.74 Å². The van der Waals surface area contributed by atoms with Gasteiger partial charge < -0.3 is 4.74 Å². The summed E-state index contributed by atoms with van der Waals surface area (Å²) in [5.41, 5.74) is 4.97. The smallest absolute Gasteiger partial charge is 0.201 e. The lowest BCUT2D eigenvalue weighted by Crippen LogP contribution is -2.00. The maximum atomic E-state index is 14.7. The number of hydrogen-bond donors (Lipinski definition) is 0. The Labute approximate surface area is 198 Å². The van der Waals surface area contributed by atoms with Crippen LogP contribution in [-0.2, 0) is 19.4 Å². The van der Waals surface area contributed by atoms with E-state index in [0.717, 1.165) is 41.5 Å². The van der Waals surface area contributed by atoms with Crippen LogP contribution in [0.25, 0.3) is 22.3 Å². The van der Waals surface area contributed by atoms with E-state index >= 15 is 0 Å². The van der Waals surface area contributed by atoms with E-state index in [0.29, 0.717) is 11.1 Å². The van der Waals surface area contributed by atoms with Gasteiger partial charge in [0.1, 0.15) is 12.4 Å². The molecule has 0 atom stereocenters. The monoisotopic (exact) mass is 460 g/mol. The summed E-state index contributed by atoms with van der Waals surface area (Å²) in [6.07, 6.45) is 2.69. The third kappa shape index (κ3) is 5.17. The minimum atomic E-state index is -1.01. The second kappa shape index (κ2) is 10.6. The van der Waals surface area contributed by atoms with Crippen LogP contribution in [0.1, 0.15) is 37.0 Å². The van der Waals surface area contributed by atoms with Gasteiger partial charge in [0.25, 0.3) is 0 Å². The lowest BCUT2D eigenvalue weighted by Gasteiger charge is -2.12. The summed E-state index contributed by atoms with van der Waals surface area (Å²) in [7, 11) is 0. The van der Waals surface area contributed by atoms with Crippen molar-refractivity contribution >= 4 is 0 Å². The minimum Gasteiger partial charge on any atom is -0.486 e. The van der Waals surface area contributed by atoms with Crippen molar-refractivity contribution in [3.63, 3.8) is 0 Å². The third-order valence-electron chi connectivity index (χ3n) is 5.95. The maximum absolute atomic E-state index is 14.7. The normalized spacial score (nSPS) is 11.0. The van der Waals surface area contributed by atoms with Crippen LogP contribution in [0.15, 0.2) is 78.9 Å². The molecule has 0 aromatic heterocycles. The van der Waals surface area contributed by atoms with Crippen molar-refractivity contribution in [2.45, 2.75) is 39.7 Å². The highest BCUT2D eigenvalue weighted by molar-refractivity contribution is 5.66. The van der Waals surface area contributed by atoms with Crippen molar-refractivity contribution in [3.8, 4) is 28.0 Å². The molecule has 0 radical (unpaired) electrons. The average Bonchev–Trinajstić information content (AvgIpc) is 2.86. The molecule has 0 bridgehead atoms. The highest BCUT2D eigenvalue weighted by Gasteiger charge is 2.16. The van der Waals surface area contributed by atoms with Gasteiger partial charge in [-0.3, -0.25) is 0 Å². The molecule has 4 aromatic rings. The van der Waals surface area contributed by atoms with Crippen LogP contribution >= 0.6 is 0 Å². The van der Waals surface area contributed by atoms with Gasteiger partial charge in [-0.1, -0.05) is 80.9 Å². The standard InChI is InChI=1S/C30H27F3O/c1-3-5-21-10-15-25(27(31)18-21)23-13-8-22(9-14-23)19-34-28-17-16-26(29(32)30(28)33)24-11-6-20(4-2)7-12-24/h6-18H,3-5,19H2,1-2H3. The van der Waals surface area contributed by atoms with Gasteiger partial charge in [0.05, 0.1) is 0 Å². The zero-order chi connectivity index (χ0) is 24.1. The Balaban J connectivity index is 1.46. The van der Waals surface area contributed by atoms with Crippen molar-refractivity contribution in [1.82, 2.24) is 0 Å². The molecular weight excluding hydrogens is 433 g/mol. The van der Waals surface area contributed by atoms with Crippen LogP contribution in [0.4, 0.5) is 13.2 Å². The van der Waals surface area contributed by atoms with E-state index in [9.17, 15) is 13.2 Å². The van der Waals surface area contributed by atoms with Crippen LogP contribution in [-0.4, -0.2) is 0 Å². The third-order valence-corrected chi connectivity index (χ3v) is 5.95. The fraction of sp³-hybridized carbons (Fsp3) is 0.200. The number of aryl methyl sites for hydroxylation is 2. The molecule has 0 aliphatic carbocycles. The van der Waals surface area contributed by atoms with Gasteiger partial charge in [0.2, 0.25) is 5.82 Å². The predicted molar refractivity (Wildman–Crippen MR) is 131 cm³/mol. The summed E-state index contributed by atoms with van der Waals surface area (Å²) in [4.78, 5) is 0. The topological polar surface area (TPSA) is 9.23 Å². The zero-order valence-electron chi connectivity index (χ0n) is 19.4. The molecule has 1 nitrogen and oxygen atoms in total. The summed E-state index contributed by atoms with van der Waals surface area (Å²) >= 11 is 0. The molecule has 0 aliphatic heterocycles. The lowest BCUT2D eigenvalue weighted by atomic mass is 10.0. The Kier molecular flexibility index (Phi) is 7.36. The number of hydrogen-bond acceptors (Lipinski definition) is 1. The molecule has 0 amide bonds. The predicted octanol–water partition coefficient (Wildman–Crippen LogP) is 8.53. The molecule has 0 heterocycles. The van der Waals surface area contributed by atoms with Gasteiger partial charge >= 0.3 is 0 Å². The zero-order valence-corrected chi connectivity index (χ0v) is 19.4. The number of halogens is 3. The van der Waals surface area contributed by atoms with Gasteiger partial charge in [0, 0.05) is 11.1 Å². The number of ether oxygens (including phenoxy) is 1. The van der Waals surface area contributed by atoms with E-state index < -0.39 is 11.6 Å². The van der Waals surface area contributed by atoms with Crippen LogP contribution in [0.5, 0.6) is 5.75 Å². The molecule has 4 heteroatoms. The molecule has 0 N–H and O–H groups in total. The number of rotatable bonds is 8. The van der Waals surface area contributed by atoms with Crippen LogP contribution in [0, 0.1) is 17.5 Å². The Morgan fingerprint density at radius 3 is 1.82 bits per heavy atom. The SMILES string of the molecule is CCCc1ccc(-c2ccc(COc3ccc(-c4ccc(CC)cc4)c(F)c3F)cc2)c(F)c1. The van der Waals surface area contributed by atoms with Crippen molar-refractivity contribution in [2.75, 3.05) is 0 Å². The van der Waals surface area contributed by atoms with E-state index in [1.54, 1.807) is 48.5 Å². The summed E-state index contributed by atoms with van der Waals surface area (Å²) < 4.78 is 49.4. The Bertz CT molecular complexity index is 1260. The Hall–Kier alpha value is -3.53. The number of benzene rings is 4. The molecule has 0 saturated heterocycles. The van der Waals surface area contributed by atoms with Gasteiger partial charge in [-0.15, -0.1) is 0 Å². The summed E-state index contributed by atoms with van der Waals surface area (Å²) in [6, 6.07) is 22.9. The Morgan fingerprint density at radius 1 is 0.618 bits per heavy atom. The first-order chi connectivity index (χ1) is 16.5. The summed E-state index contributed by atoms with van der Waals surface area (Å²) in [5, 5.41) is 0. The highest BCUT2D eigenvalue weighted by atomic mass is 19.2. The lowest BCUT2D eigenvalue weighted by molar-refractivity contribution is 0.285. The van der Waals surface area contributed by atoms with E-state index in [1.807, 2.05) is 25.1 Å². The summed E-state index contributed by atoms with van der Waals surface area (Å²) in [5.74, 6) is -2.34. The minimum absolute atomic E-state index is 0.0686. The van der Waals surface area contributed by atoms with Gasteiger partial charge in [-0.2, -0.15) is 4.39 Å². The van der Waals surface area contributed by atoms with Crippen LogP contribution in [0.3, 0.4) is 0 Å². The molecule has 0 aliphatic rings. The van der Waals surface area contributed by atoms with E-state index in [2.05, 4.69) is 6.92 Å². The molecule has 0 saturated carbocycles. The fourth-order valence-corrected chi connectivity index (χ4v) is 3.96. The molecule has 34 heavy (non-hydrogen) atoms. The van der Waals surface area contributed by atoms with Gasteiger partial charge in [-0.25, -0.2) is 8.78 Å². The van der Waals surface area contributed by atoms with Gasteiger partial charge in [0.15, 0.2) is 11.6 Å². The molecule has 4 rings (SSSR count). The molecule has 4 aromatic carbocycles. The molecule has 0 fully saturated rings. The molecule has 174 valence electrons. The molecule has 0 unspecified atom stereocenters. The first-order valence-corrected chi connectivity index (χ1v) is 11.6. The summed E-state index contributed by atoms with van der Waals surface area (Å²) in [6.45, 7) is 4.17. The largest absolute Gasteiger partial charge is 0.486 e. The first-order valence-electron chi connectivity index (χ1n) is 11.6. The second-order valence-electron chi connectivity index (χ2n) is 8.34. The average molecular weight is 461 g/mol. The van der Waals surface area contributed by atoms with Crippen molar-refractivity contribution in [1.29, 1.82) is 0 Å². The fourth-order valence-electron chi connectivity index (χ4n) is 3.96. The second-order valence-corrected chi connectivity index (χ2v) is 8.34. The Morgan fingerprint density at radius 2 is 1.21 bits per heavy atom. The molecule has 0 spiro atoms. The quantitative estimate of drug-likeness (QED) is 0.256. The maximum Gasteiger partial charge on any atom is 0.201 e. The van der Waals surface area contributed by atoms with Gasteiger partial charge in [-0.05, 0) is 58.9 Å². The van der Waals surface area contributed by atoms with Crippen LogP contribution in [0.2, 0.25) is 0 Å².